The maximum Gasteiger partial charge on any atom is 0.299 e. The van der Waals surface area contributed by atoms with Gasteiger partial charge in [0, 0.05) is 12.4 Å². The molecule has 0 saturated carbocycles. The average molecular weight is 254 g/mol. The van der Waals surface area contributed by atoms with Gasteiger partial charge < -0.3 is 9.64 Å². The summed E-state index contributed by atoms with van der Waals surface area (Å²) in [4.78, 5) is 25.0. The number of nitrogens with zero attached hydrogens (tertiary/aromatic N) is 1. The lowest BCUT2D eigenvalue weighted by Gasteiger charge is -2.15. The van der Waals surface area contributed by atoms with Gasteiger partial charge in [-0.25, -0.2) is 0 Å². The number of methoxy groups -OCH3 is 1. The van der Waals surface area contributed by atoms with Crippen LogP contribution in [0, 0.1) is 0 Å². The first-order valence-corrected chi connectivity index (χ1v) is 5.82. The molecule has 0 fully saturated rings. The molecule has 90 valence electrons. The summed E-state index contributed by atoms with van der Waals surface area (Å²) in [6, 6.07) is 5.06. The first kappa shape index (κ1) is 11.9. The topological polar surface area (TPSA) is 46.6 Å². The third-order valence-corrected chi connectivity index (χ3v) is 2.96. The van der Waals surface area contributed by atoms with Crippen LogP contribution in [-0.2, 0) is 4.79 Å². The minimum atomic E-state index is -0.488. The van der Waals surface area contributed by atoms with Crippen LogP contribution in [0.4, 0.5) is 5.69 Å². The van der Waals surface area contributed by atoms with Crippen molar-refractivity contribution in [2.24, 2.45) is 0 Å². The van der Waals surface area contributed by atoms with Crippen LogP contribution in [0.3, 0.4) is 0 Å². The lowest BCUT2D eigenvalue weighted by Crippen LogP contribution is -2.30. The van der Waals surface area contributed by atoms with Crippen LogP contribution in [0.25, 0.3) is 0 Å². The molecule has 5 heteroatoms. The summed E-state index contributed by atoms with van der Waals surface area (Å²) in [6.45, 7) is 0.466. The second kappa shape index (κ2) is 4.75. The van der Waals surface area contributed by atoms with Gasteiger partial charge in [-0.3, -0.25) is 9.59 Å². The van der Waals surface area contributed by atoms with Gasteiger partial charge in [-0.15, -0.1) is 11.6 Å². The Hall–Kier alpha value is -1.55. The molecule has 0 aromatic heterocycles. The summed E-state index contributed by atoms with van der Waals surface area (Å²) >= 11 is 5.60. The van der Waals surface area contributed by atoms with E-state index in [0.717, 1.165) is 0 Å². The number of alkyl halides is 1. The normalized spacial score (nSPS) is 14.1. The first-order valence-electron chi connectivity index (χ1n) is 5.29. The Morgan fingerprint density at radius 2 is 2.12 bits per heavy atom. The molecule has 0 unspecified atom stereocenters. The summed E-state index contributed by atoms with van der Waals surface area (Å²) in [6.07, 6.45) is 0.659. The van der Waals surface area contributed by atoms with Crippen LogP contribution < -0.4 is 9.64 Å². The lowest BCUT2D eigenvalue weighted by molar-refractivity contribution is -0.114. The number of Topliss-reactive ketones (excluding diaryl/α,β-unsaturated/α-hetero) is 1. The molecule has 0 N–H and O–H groups in total. The van der Waals surface area contributed by atoms with E-state index >= 15 is 0 Å². The van der Waals surface area contributed by atoms with Gasteiger partial charge in [0.05, 0.1) is 18.4 Å². The molecule has 2 rings (SSSR count). The van der Waals surface area contributed by atoms with Gasteiger partial charge in [0.15, 0.2) is 0 Å². The van der Waals surface area contributed by atoms with Crippen LogP contribution in [0.15, 0.2) is 18.2 Å². The molecule has 17 heavy (non-hydrogen) atoms. The molecular formula is C12H12ClNO3. The second-order valence-corrected chi connectivity index (χ2v) is 4.09. The number of carbonyl (C=O) groups excluding carboxylic acids is 2. The molecule has 1 aliphatic rings. The third kappa shape index (κ3) is 2.00. The van der Waals surface area contributed by atoms with Crippen molar-refractivity contribution in [3.8, 4) is 5.75 Å². The third-order valence-electron chi connectivity index (χ3n) is 2.69. The fourth-order valence-electron chi connectivity index (χ4n) is 1.85. The largest absolute Gasteiger partial charge is 0.497 e. The van der Waals surface area contributed by atoms with Crippen LogP contribution in [0.2, 0.25) is 0 Å². The molecule has 1 aromatic rings. The van der Waals surface area contributed by atoms with Crippen molar-refractivity contribution in [2.45, 2.75) is 6.42 Å². The highest BCUT2D eigenvalue weighted by Crippen LogP contribution is 2.31. The molecule has 0 bridgehead atoms. The van der Waals surface area contributed by atoms with Gasteiger partial charge in [-0.1, -0.05) is 0 Å². The Bertz CT molecular complexity index is 473. The van der Waals surface area contributed by atoms with Crippen molar-refractivity contribution in [3.63, 3.8) is 0 Å². The van der Waals surface area contributed by atoms with Gasteiger partial charge in [-0.2, -0.15) is 0 Å². The maximum atomic E-state index is 11.8. The van der Waals surface area contributed by atoms with Crippen molar-refractivity contribution < 1.29 is 14.3 Å². The standard InChI is InChI=1S/C12H12ClNO3/c1-17-8-3-4-10-9(7-8)11(15)12(16)14(10)6-2-5-13/h3-4,7H,2,5-6H2,1H3. The molecule has 0 aliphatic carbocycles. The summed E-state index contributed by atoms with van der Waals surface area (Å²) in [5.41, 5.74) is 1.05. The summed E-state index contributed by atoms with van der Waals surface area (Å²) < 4.78 is 5.04. The van der Waals surface area contributed by atoms with Crippen molar-refractivity contribution in [1.82, 2.24) is 0 Å². The van der Waals surface area contributed by atoms with Crippen LogP contribution in [0.5, 0.6) is 5.75 Å². The van der Waals surface area contributed by atoms with E-state index in [1.165, 1.54) is 12.0 Å². The fraction of sp³-hybridized carbons (Fsp3) is 0.333. The number of carbonyl (C=O) groups is 2. The highest BCUT2D eigenvalue weighted by atomic mass is 35.5. The Kier molecular flexibility index (Phi) is 3.33. The van der Waals surface area contributed by atoms with Crippen LogP contribution in [0.1, 0.15) is 16.8 Å². The summed E-state index contributed by atoms with van der Waals surface area (Å²) in [7, 11) is 1.52. The molecule has 1 heterocycles. The number of rotatable bonds is 4. The Morgan fingerprint density at radius 3 is 2.76 bits per heavy atom. The van der Waals surface area contributed by atoms with Crippen molar-refractivity contribution in [2.75, 3.05) is 24.4 Å². The molecule has 0 saturated heterocycles. The molecule has 1 aromatic carbocycles. The zero-order valence-corrected chi connectivity index (χ0v) is 10.2. The minimum Gasteiger partial charge on any atom is -0.497 e. The van der Waals surface area contributed by atoms with Gasteiger partial charge in [0.25, 0.3) is 11.7 Å². The molecule has 0 radical (unpaired) electrons. The van der Waals surface area contributed by atoms with E-state index < -0.39 is 11.7 Å². The van der Waals surface area contributed by atoms with E-state index in [0.29, 0.717) is 35.8 Å². The number of ketones is 1. The van der Waals surface area contributed by atoms with E-state index in [4.69, 9.17) is 16.3 Å². The number of halogens is 1. The molecule has 0 atom stereocenters. The zero-order valence-electron chi connectivity index (χ0n) is 9.40. The highest BCUT2D eigenvalue weighted by Gasteiger charge is 2.35. The molecule has 1 aliphatic heterocycles. The van der Waals surface area contributed by atoms with E-state index in [2.05, 4.69) is 0 Å². The number of fused-ring (bicyclic) bond motifs is 1. The van der Waals surface area contributed by atoms with Gasteiger partial charge in [-0.05, 0) is 24.6 Å². The summed E-state index contributed by atoms with van der Waals surface area (Å²) in [5, 5.41) is 0. The number of ether oxygens (including phenoxy) is 1. The van der Waals surface area contributed by atoms with Gasteiger partial charge in [0.2, 0.25) is 0 Å². The number of amides is 1. The van der Waals surface area contributed by atoms with E-state index in [9.17, 15) is 9.59 Å². The Balaban J connectivity index is 2.36. The highest BCUT2D eigenvalue weighted by molar-refractivity contribution is 6.52. The van der Waals surface area contributed by atoms with Crippen molar-refractivity contribution in [3.05, 3.63) is 23.8 Å². The second-order valence-electron chi connectivity index (χ2n) is 3.71. The quantitative estimate of drug-likeness (QED) is 0.608. The molecule has 0 spiro atoms. The zero-order chi connectivity index (χ0) is 12.4. The molecule has 4 nitrogen and oxygen atoms in total. The van der Waals surface area contributed by atoms with Crippen molar-refractivity contribution in [1.29, 1.82) is 0 Å². The molecule has 1 amide bonds. The average Bonchev–Trinajstić information content (AvgIpc) is 2.60. The smallest absolute Gasteiger partial charge is 0.299 e. The first-order chi connectivity index (χ1) is 8.19. The maximum absolute atomic E-state index is 11.8. The predicted molar refractivity (Wildman–Crippen MR) is 65.0 cm³/mol. The van der Waals surface area contributed by atoms with E-state index in [1.54, 1.807) is 18.2 Å². The number of hydrogen-bond donors (Lipinski definition) is 0. The Labute approximate surface area is 104 Å². The molecular weight excluding hydrogens is 242 g/mol. The number of anilines is 1. The van der Waals surface area contributed by atoms with E-state index in [-0.39, 0.29) is 0 Å². The monoisotopic (exact) mass is 253 g/mol. The van der Waals surface area contributed by atoms with Gasteiger partial charge in [0.1, 0.15) is 5.75 Å². The number of benzene rings is 1. The number of hydrogen-bond acceptors (Lipinski definition) is 3. The lowest BCUT2D eigenvalue weighted by atomic mass is 10.1. The Morgan fingerprint density at radius 1 is 1.35 bits per heavy atom. The van der Waals surface area contributed by atoms with Crippen molar-refractivity contribution >= 4 is 29.0 Å². The predicted octanol–water partition coefficient (Wildman–Crippen LogP) is 1.85. The fourth-order valence-corrected chi connectivity index (χ4v) is 1.97. The van der Waals surface area contributed by atoms with Crippen LogP contribution >= 0.6 is 11.6 Å². The van der Waals surface area contributed by atoms with Crippen LogP contribution in [-0.4, -0.2) is 31.2 Å². The SMILES string of the molecule is COc1ccc2c(c1)C(=O)C(=O)N2CCCCl. The minimum absolute atomic E-state index is 0.406. The van der Waals surface area contributed by atoms with E-state index in [1.807, 2.05) is 0 Å². The van der Waals surface area contributed by atoms with Gasteiger partial charge >= 0.3 is 0 Å². The summed E-state index contributed by atoms with van der Waals surface area (Å²) in [5.74, 6) is 0.0691.